The largest absolute Gasteiger partial charge is 0.421 e. The summed E-state index contributed by atoms with van der Waals surface area (Å²) in [6.45, 7) is 2.22. The molecule has 0 aliphatic heterocycles. The van der Waals surface area contributed by atoms with Crippen molar-refractivity contribution < 1.29 is 29.2 Å². The molecule has 0 aromatic rings. The van der Waals surface area contributed by atoms with Gasteiger partial charge in [-0.2, -0.15) is 0 Å². The van der Waals surface area contributed by atoms with Crippen LogP contribution in [-0.4, -0.2) is 5.97 Å². The van der Waals surface area contributed by atoms with Gasteiger partial charge < -0.3 is 9.32 Å². The van der Waals surface area contributed by atoms with Gasteiger partial charge in [-0.15, -0.1) is 0 Å². The molecule has 0 aliphatic rings. The first-order chi connectivity index (χ1) is 8.66. The third kappa shape index (κ3) is 13.7. The van der Waals surface area contributed by atoms with Gasteiger partial charge in [0.25, 0.3) is 0 Å². The molecule has 0 aromatic carbocycles. The maximum atomic E-state index is 10.9. The van der Waals surface area contributed by atoms with Crippen molar-refractivity contribution in [3.63, 3.8) is 0 Å². The average Bonchev–Trinajstić information content (AvgIpc) is 2.30. The predicted octanol–water partition coefficient (Wildman–Crippen LogP) is 1.93. The molecular formula is C13H25ClO4. The molecule has 0 heterocycles. The van der Waals surface area contributed by atoms with Crippen LogP contribution in [0.25, 0.3) is 0 Å². The van der Waals surface area contributed by atoms with E-state index in [-0.39, 0.29) is 6.42 Å². The van der Waals surface area contributed by atoms with Gasteiger partial charge in [0.05, 0.1) is 6.42 Å². The van der Waals surface area contributed by atoms with E-state index in [9.17, 15) is 14.1 Å². The van der Waals surface area contributed by atoms with E-state index in [0.717, 1.165) is 12.8 Å². The van der Waals surface area contributed by atoms with Crippen LogP contribution in [0.4, 0.5) is 0 Å². The van der Waals surface area contributed by atoms with Crippen molar-refractivity contribution in [2.24, 2.45) is 0 Å². The molecule has 0 unspecified atom stereocenters. The molecule has 0 fully saturated rings. The Balaban J connectivity index is 3.09. The lowest BCUT2D eigenvalue weighted by Gasteiger charge is -2.01. The third-order valence-corrected chi connectivity index (χ3v) is 3.18. The Morgan fingerprint density at radius 1 is 0.889 bits per heavy atom. The minimum Gasteiger partial charge on any atom is -0.307 e. The van der Waals surface area contributed by atoms with Crippen LogP contribution < -0.4 is 9.32 Å². The molecule has 4 nitrogen and oxygen atoms in total. The fourth-order valence-corrected chi connectivity index (χ4v) is 2.08. The van der Waals surface area contributed by atoms with E-state index >= 15 is 0 Å². The molecule has 0 atom stereocenters. The quantitative estimate of drug-likeness (QED) is 0.512. The van der Waals surface area contributed by atoms with Crippen LogP contribution in [0.3, 0.4) is 0 Å². The van der Waals surface area contributed by atoms with E-state index < -0.39 is 16.8 Å². The summed E-state index contributed by atoms with van der Waals surface area (Å²) < 4.78 is 24.0. The molecule has 5 heteroatoms. The summed E-state index contributed by atoms with van der Waals surface area (Å²) >= 11 is 0. The summed E-state index contributed by atoms with van der Waals surface area (Å²) in [5, 5.41) is 0. The van der Waals surface area contributed by atoms with E-state index in [4.69, 9.17) is 0 Å². The topological polar surface area (TPSA) is 72.4 Å². The lowest BCUT2D eigenvalue weighted by atomic mass is 10.1. The second kappa shape index (κ2) is 13.1. The highest BCUT2D eigenvalue weighted by Crippen LogP contribution is 2.11. The van der Waals surface area contributed by atoms with E-state index in [2.05, 4.69) is 11.2 Å². The van der Waals surface area contributed by atoms with Crippen LogP contribution in [0.15, 0.2) is 0 Å². The molecule has 0 N–H and O–H groups in total. The first-order valence-corrected chi connectivity index (χ1v) is 7.86. The van der Waals surface area contributed by atoms with Crippen molar-refractivity contribution in [3.05, 3.63) is 0 Å². The zero-order valence-corrected chi connectivity index (χ0v) is 12.0. The first-order valence-electron chi connectivity index (χ1n) is 6.93. The summed E-state index contributed by atoms with van der Waals surface area (Å²) in [5.74, 6) is -0.667. The summed E-state index contributed by atoms with van der Waals surface area (Å²) in [6.07, 6.45) is 12.0. The molecule has 0 radical (unpaired) electrons. The Kier molecular flexibility index (Phi) is 12.9. The van der Waals surface area contributed by atoms with Gasteiger partial charge in [0.1, 0.15) is 0 Å². The van der Waals surface area contributed by atoms with Crippen molar-refractivity contribution in [2.45, 2.75) is 77.6 Å². The van der Waals surface area contributed by atoms with Crippen LogP contribution in [0.1, 0.15) is 77.6 Å². The van der Waals surface area contributed by atoms with Gasteiger partial charge in [0.2, 0.25) is 0 Å². The van der Waals surface area contributed by atoms with E-state index in [0.29, 0.717) is 6.42 Å². The Hall–Kier alpha value is -0.320. The SMILES string of the molecule is CCCCCCCCCCCCC(=O)O[Cl+2]([O-])[O-]. The normalized spacial score (nSPS) is 10.9. The van der Waals surface area contributed by atoms with Crippen molar-refractivity contribution in [2.75, 3.05) is 0 Å². The molecule has 0 spiro atoms. The standard InChI is InChI=1S/C13H25ClO4/c1-2-3-4-5-6-7-8-9-10-11-12-13(15)18-14(16)17/h2-12H2,1H3. The second-order valence-electron chi connectivity index (χ2n) is 4.57. The fourth-order valence-electron chi connectivity index (χ4n) is 1.87. The summed E-state index contributed by atoms with van der Waals surface area (Å²) in [5.41, 5.74) is 0. The first kappa shape index (κ1) is 17.7. The molecule has 108 valence electrons. The monoisotopic (exact) mass is 280 g/mol. The molecule has 0 aliphatic carbocycles. The minimum absolute atomic E-state index is 0.190. The molecular weight excluding hydrogens is 256 g/mol. The maximum absolute atomic E-state index is 10.9. The number of carbonyl (C=O) groups excluding carboxylic acids is 1. The molecule has 0 saturated heterocycles. The highest BCUT2D eigenvalue weighted by atomic mass is 35.6. The Bertz CT molecular complexity index is 197. The van der Waals surface area contributed by atoms with Crippen LogP contribution in [0, 0.1) is 10.8 Å². The number of hydrogen-bond donors (Lipinski definition) is 0. The summed E-state index contributed by atoms with van der Waals surface area (Å²) in [4.78, 5) is 10.9. The Labute approximate surface area is 113 Å². The van der Waals surface area contributed by atoms with Crippen LogP contribution in [0.5, 0.6) is 0 Å². The molecule has 18 heavy (non-hydrogen) atoms. The van der Waals surface area contributed by atoms with Gasteiger partial charge in [-0.1, -0.05) is 69.0 Å². The number of halogens is 1. The van der Waals surface area contributed by atoms with Gasteiger partial charge >= 0.3 is 16.8 Å². The van der Waals surface area contributed by atoms with Gasteiger partial charge in [0.15, 0.2) is 0 Å². The zero-order chi connectivity index (χ0) is 13.6. The second-order valence-corrected chi connectivity index (χ2v) is 5.10. The van der Waals surface area contributed by atoms with Crippen molar-refractivity contribution in [1.82, 2.24) is 0 Å². The predicted molar refractivity (Wildman–Crippen MR) is 62.6 cm³/mol. The number of carbonyl (C=O) groups is 1. The Morgan fingerprint density at radius 3 is 1.78 bits per heavy atom. The summed E-state index contributed by atoms with van der Waals surface area (Å²) in [7, 11) is -2.39. The van der Waals surface area contributed by atoms with Crippen LogP contribution >= 0.6 is 0 Å². The van der Waals surface area contributed by atoms with Crippen LogP contribution in [-0.2, 0) is 9.08 Å². The average molecular weight is 281 g/mol. The zero-order valence-electron chi connectivity index (χ0n) is 11.3. The number of rotatable bonds is 12. The Morgan fingerprint density at radius 2 is 1.33 bits per heavy atom. The highest BCUT2D eigenvalue weighted by Gasteiger charge is 2.16. The lowest BCUT2D eigenvalue weighted by molar-refractivity contribution is -1.62. The molecule has 0 saturated carbocycles. The van der Waals surface area contributed by atoms with E-state index in [1.165, 1.54) is 44.9 Å². The molecule has 0 amide bonds. The van der Waals surface area contributed by atoms with E-state index in [1.807, 2.05) is 0 Å². The lowest BCUT2D eigenvalue weighted by Crippen LogP contribution is -2.36. The summed E-state index contributed by atoms with van der Waals surface area (Å²) in [6, 6.07) is 0. The fraction of sp³-hybridized carbons (Fsp3) is 0.923. The van der Waals surface area contributed by atoms with Gasteiger partial charge in [-0.3, -0.25) is 0 Å². The molecule has 0 rings (SSSR count). The van der Waals surface area contributed by atoms with Gasteiger partial charge in [-0.05, 0) is 6.42 Å². The van der Waals surface area contributed by atoms with Crippen LogP contribution in [0.2, 0.25) is 0 Å². The molecule has 0 aromatic heterocycles. The number of unbranched alkanes of at least 4 members (excludes halogenated alkanes) is 9. The van der Waals surface area contributed by atoms with Crippen molar-refractivity contribution in [3.8, 4) is 0 Å². The van der Waals surface area contributed by atoms with Crippen molar-refractivity contribution in [1.29, 1.82) is 0 Å². The third-order valence-electron chi connectivity index (χ3n) is 2.88. The smallest absolute Gasteiger partial charge is 0.307 e. The highest BCUT2D eigenvalue weighted by molar-refractivity contribution is 5.68. The van der Waals surface area contributed by atoms with Crippen molar-refractivity contribution >= 4 is 5.97 Å². The minimum atomic E-state index is -2.39. The van der Waals surface area contributed by atoms with Gasteiger partial charge in [0, 0.05) is 0 Å². The number of hydrogen-bond acceptors (Lipinski definition) is 4. The van der Waals surface area contributed by atoms with E-state index in [1.54, 1.807) is 0 Å². The molecule has 0 bridgehead atoms. The maximum Gasteiger partial charge on any atom is 0.421 e. The van der Waals surface area contributed by atoms with Gasteiger partial charge in [-0.25, -0.2) is 4.79 Å².